The lowest BCUT2D eigenvalue weighted by atomic mass is 9.88. The fourth-order valence-electron chi connectivity index (χ4n) is 5.09. The van der Waals surface area contributed by atoms with E-state index >= 15 is 0 Å². The zero-order chi connectivity index (χ0) is 21.3. The third-order valence-electron chi connectivity index (χ3n) is 6.90. The van der Waals surface area contributed by atoms with Crippen molar-refractivity contribution in [2.45, 2.75) is 57.5 Å². The predicted molar refractivity (Wildman–Crippen MR) is 121 cm³/mol. The Labute approximate surface area is 188 Å². The zero-order valence-electron chi connectivity index (χ0n) is 18.3. The minimum atomic E-state index is 0.289. The van der Waals surface area contributed by atoms with Gasteiger partial charge < -0.3 is 9.47 Å². The summed E-state index contributed by atoms with van der Waals surface area (Å²) in [4.78, 5) is 16.9. The Bertz CT molecular complexity index is 1110. The Morgan fingerprint density at radius 1 is 0.938 bits per heavy atom. The number of benzene rings is 1. The molecule has 6 nitrogen and oxygen atoms in total. The van der Waals surface area contributed by atoms with Gasteiger partial charge in [-0.25, -0.2) is 9.97 Å². The van der Waals surface area contributed by atoms with Crippen LogP contribution in [0.3, 0.4) is 0 Å². The van der Waals surface area contributed by atoms with E-state index < -0.39 is 0 Å². The number of aromatic nitrogens is 3. The molecule has 0 amide bonds. The lowest BCUT2D eigenvalue weighted by Gasteiger charge is -2.29. The first-order chi connectivity index (χ1) is 15.8. The highest BCUT2D eigenvalue weighted by Crippen LogP contribution is 2.35. The first-order valence-electron chi connectivity index (χ1n) is 11.7. The number of nitrogens with zero attached hydrogens (tertiary/aromatic N) is 4. The molecule has 6 rings (SSSR count). The lowest BCUT2D eigenvalue weighted by Crippen LogP contribution is -2.31. The highest BCUT2D eigenvalue weighted by Gasteiger charge is 2.23. The molecule has 0 saturated heterocycles. The number of fused-ring (bicyclic) bond motifs is 2. The summed E-state index contributed by atoms with van der Waals surface area (Å²) in [7, 11) is 0. The third-order valence-corrected chi connectivity index (χ3v) is 6.90. The van der Waals surface area contributed by atoms with Gasteiger partial charge in [-0.3, -0.25) is 9.88 Å². The number of hydrogen-bond acceptors (Lipinski definition) is 6. The summed E-state index contributed by atoms with van der Waals surface area (Å²) in [5.41, 5.74) is 5.74. The van der Waals surface area contributed by atoms with E-state index in [0.717, 1.165) is 54.6 Å². The van der Waals surface area contributed by atoms with Gasteiger partial charge in [-0.15, -0.1) is 0 Å². The largest absolute Gasteiger partial charge is 0.454 e. The van der Waals surface area contributed by atoms with Gasteiger partial charge in [-0.05, 0) is 42.7 Å². The van der Waals surface area contributed by atoms with Crippen LogP contribution in [0.4, 0.5) is 0 Å². The molecule has 0 atom stereocenters. The van der Waals surface area contributed by atoms with Crippen LogP contribution in [0.15, 0.2) is 42.7 Å². The van der Waals surface area contributed by atoms with Gasteiger partial charge >= 0.3 is 0 Å². The summed E-state index contributed by atoms with van der Waals surface area (Å²) in [6.45, 7) is 3.11. The molecule has 0 N–H and O–H groups in total. The molecule has 164 valence electrons. The monoisotopic (exact) mass is 428 g/mol. The quantitative estimate of drug-likeness (QED) is 0.591. The molecule has 3 aliphatic rings. The molecule has 6 heteroatoms. The van der Waals surface area contributed by atoms with Gasteiger partial charge in [0.15, 0.2) is 11.5 Å². The van der Waals surface area contributed by atoms with E-state index in [0.29, 0.717) is 5.92 Å². The van der Waals surface area contributed by atoms with Crippen molar-refractivity contribution < 1.29 is 9.47 Å². The molecule has 1 aliphatic carbocycles. The van der Waals surface area contributed by atoms with Crippen LogP contribution in [0.1, 0.15) is 60.7 Å². The smallest absolute Gasteiger partial charge is 0.231 e. The molecule has 0 bridgehead atoms. The normalized spacial score (nSPS) is 18.5. The highest BCUT2D eigenvalue weighted by molar-refractivity contribution is 5.64. The van der Waals surface area contributed by atoms with Crippen molar-refractivity contribution in [1.29, 1.82) is 0 Å². The van der Waals surface area contributed by atoms with Crippen LogP contribution in [0.2, 0.25) is 0 Å². The maximum Gasteiger partial charge on any atom is 0.231 e. The molecular formula is C26H28N4O2. The standard InChI is InChI=1S/C26H28N4O2/c1-2-4-19(5-3-1)26-28-14-21-16-30(11-10-23(21)29-26)15-18-6-8-22(27-13-18)20-7-9-24-25(12-20)32-17-31-24/h6-9,12-14,19H,1-5,10-11,15-17H2. The number of rotatable bonds is 4. The molecule has 32 heavy (non-hydrogen) atoms. The second kappa shape index (κ2) is 8.51. The Morgan fingerprint density at radius 3 is 2.72 bits per heavy atom. The van der Waals surface area contributed by atoms with Crippen LogP contribution in [-0.4, -0.2) is 33.2 Å². The molecule has 1 saturated carbocycles. The zero-order valence-corrected chi connectivity index (χ0v) is 18.3. The van der Waals surface area contributed by atoms with E-state index in [9.17, 15) is 0 Å². The SMILES string of the molecule is c1cc(-c2ccc3c(c2)OCO3)ncc1CN1CCc2nc(C3CCCCC3)ncc2C1. The Morgan fingerprint density at radius 2 is 1.84 bits per heavy atom. The molecule has 0 radical (unpaired) electrons. The molecule has 2 aromatic heterocycles. The summed E-state index contributed by atoms with van der Waals surface area (Å²) < 4.78 is 10.9. The van der Waals surface area contributed by atoms with Gasteiger partial charge in [0.2, 0.25) is 6.79 Å². The van der Waals surface area contributed by atoms with E-state index in [2.05, 4.69) is 23.2 Å². The van der Waals surface area contributed by atoms with Crippen LogP contribution in [0.5, 0.6) is 11.5 Å². The van der Waals surface area contributed by atoms with Crippen molar-refractivity contribution >= 4 is 0 Å². The molecule has 0 spiro atoms. The van der Waals surface area contributed by atoms with E-state index in [1.54, 1.807) is 0 Å². The van der Waals surface area contributed by atoms with Crippen molar-refractivity contribution in [2.24, 2.45) is 0 Å². The first kappa shape index (κ1) is 19.7. The van der Waals surface area contributed by atoms with Gasteiger partial charge in [0.25, 0.3) is 0 Å². The molecule has 2 aliphatic heterocycles. The van der Waals surface area contributed by atoms with Gasteiger partial charge in [-0.1, -0.05) is 25.3 Å². The van der Waals surface area contributed by atoms with Gasteiger partial charge in [0.1, 0.15) is 5.82 Å². The molecule has 4 heterocycles. The second-order valence-corrected chi connectivity index (χ2v) is 9.12. The van der Waals surface area contributed by atoms with Gasteiger partial charge in [0, 0.05) is 61.2 Å². The molecule has 1 aromatic carbocycles. The fraction of sp³-hybridized carbons (Fsp3) is 0.423. The predicted octanol–water partition coefficient (Wildman–Crippen LogP) is 4.87. The van der Waals surface area contributed by atoms with Crippen molar-refractivity contribution in [2.75, 3.05) is 13.3 Å². The molecule has 1 fully saturated rings. The number of ether oxygens (including phenoxy) is 2. The fourth-order valence-corrected chi connectivity index (χ4v) is 5.09. The van der Waals surface area contributed by atoms with Crippen molar-refractivity contribution in [3.63, 3.8) is 0 Å². The van der Waals surface area contributed by atoms with Gasteiger partial charge in [0.05, 0.1) is 5.69 Å². The maximum atomic E-state index is 5.49. The van der Waals surface area contributed by atoms with Gasteiger partial charge in [-0.2, -0.15) is 0 Å². The summed E-state index contributed by atoms with van der Waals surface area (Å²) in [6.07, 6.45) is 11.6. The highest BCUT2D eigenvalue weighted by atomic mass is 16.7. The number of pyridine rings is 1. The lowest BCUT2D eigenvalue weighted by molar-refractivity contribution is 0.174. The third kappa shape index (κ3) is 3.95. The van der Waals surface area contributed by atoms with Crippen LogP contribution < -0.4 is 9.47 Å². The minimum absolute atomic E-state index is 0.289. The van der Waals surface area contributed by atoms with Crippen molar-refractivity contribution in [1.82, 2.24) is 19.9 Å². The van der Waals surface area contributed by atoms with E-state index in [-0.39, 0.29) is 6.79 Å². The van der Waals surface area contributed by atoms with Crippen molar-refractivity contribution in [3.8, 4) is 22.8 Å². The molecule has 3 aromatic rings. The second-order valence-electron chi connectivity index (χ2n) is 9.12. The average Bonchev–Trinajstić information content (AvgIpc) is 3.33. The average molecular weight is 429 g/mol. The topological polar surface area (TPSA) is 60.4 Å². The first-order valence-corrected chi connectivity index (χ1v) is 11.7. The minimum Gasteiger partial charge on any atom is -0.454 e. The van der Waals surface area contributed by atoms with E-state index in [4.69, 9.17) is 24.4 Å². The number of hydrogen-bond donors (Lipinski definition) is 0. The Balaban J connectivity index is 1.11. The Hall–Kier alpha value is -2.99. The summed E-state index contributed by atoms with van der Waals surface area (Å²) in [5, 5.41) is 0. The van der Waals surface area contributed by atoms with Crippen LogP contribution in [-0.2, 0) is 19.5 Å². The summed E-state index contributed by atoms with van der Waals surface area (Å²) >= 11 is 0. The summed E-state index contributed by atoms with van der Waals surface area (Å²) in [5.74, 6) is 3.24. The summed E-state index contributed by atoms with van der Waals surface area (Å²) in [6, 6.07) is 10.2. The molecular weight excluding hydrogens is 400 g/mol. The van der Waals surface area contributed by atoms with Crippen LogP contribution in [0, 0.1) is 0 Å². The van der Waals surface area contributed by atoms with Crippen LogP contribution in [0.25, 0.3) is 11.3 Å². The Kier molecular flexibility index (Phi) is 5.23. The van der Waals surface area contributed by atoms with Crippen LogP contribution >= 0.6 is 0 Å². The van der Waals surface area contributed by atoms with E-state index in [1.807, 2.05) is 24.4 Å². The maximum absolute atomic E-state index is 5.49. The molecule has 0 unspecified atom stereocenters. The van der Waals surface area contributed by atoms with E-state index in [1.165, 1.54) is 48.9 Å². The van der Waals surface area contributed by atoms with Crippen molar-refractivity contribution in [3.05, 3.63) is 65.4 Å².